The Morgan fingerprint density at radius 2 is 1.57 bits per heavy atom. The van der Waals surface area contributed by atoms with Gasteiger partial charge >= 0.3 is 5.97 Å². The van der Waals surface area contributed by atoms with Gasteiger partial charge in [-0.1, -0.05) is 97.1 Å². The second kappa shape index (κ2) is 15.8. The second-order valence-corrected chi connectivity index (χ2v) is 11.9. The molecule has 1 amide bonds. The van der Waals surface area contributed by atoms with E-state index < -0.39 is 12.3 Å². The molecule has 0 spiro atoms. The first-order valence-electron chi connectivity index (χ1n) is 15.7. The number of aliphatic hydroxyl groups excluding tert-OH is 1. The van der Waals surface area contributed by atoms with Gasteiger partial charge in [-0.25, -0.2) is 0 Å². The molecule has 4 aromatic rings. The molecule has 1 fully saturated rings. The molecule has 46 heavy (non-hydrogen) atoms. The fourth-order valence-corrected chi connectivity index (χ4v) is 5.70. The molecule has 240 valence electrons. The quantitative estimate of drug-likeness (QED) is 0.155. The third-order valence-electron chi connectivity index (χ3n) is 8.55. The molecule has 1 saturated heterocycles. The van der Waals surface area contributed by atoms with Crippen molar-refractivity contribution < 1.29 is 29.3 Å². The smallest absolute Gasteiger partial charge is 0.303 e. The summed E-state index contributed by atoms with van der Waals surface area (Å²) in [5.41, 5.74) is 7.04. The van der Waals surface area contributed by atoms with Crippen LogP contribution >= 0.6 is 0 Å². The van der Waals surface area contributed by atoms with Crippen LogP contribution in [-0.4, -0.2) is 46.7 Å². The molecule has 3 N–H and O–H groups in total. The van der Waals surface area contributed by atoms with Gasteiger partial charge in [0.2, 0.25) is 5.91 Å². The Labute approximate surface area is 270 Å². The molecule has 1 aliphatic heterocycles. The zero-order valence-corrected chi connectivity index (χ0v) is 26.3. The van der Waals surface area contributed by atoms with Crippen LogP contribution in [0.4, 0.5) is 0 Å². The van der Waals surface area contributed by atoms with Gasteiger partial charge in [0, 0.05) is 37.5 Å². The number of aliphatic carboxylic acids is 1. The highest BCUT2D eigenvalue weighted by Crippen LogP contribution is 2.39. The molecule has 4 atom stereocenters. The zero-order valence-electron chi connectivity index (χ0n) is 26.3. The number of likely N-dealkylation sites (N-methyl/N-ethyl adjacent to an activating group) is 1. The minimum absolute atomic E-state index is 0.000973. The van der Waals surface area contributed by atoms with Crippen molar-refractivity contribution in [2.24, 2.45) is 0 Å². The van der Waals surface area contributed by atoms with E-state index in [-0.39, 0.29) is 43.6 Å². The number of amides is 1. The number of carbonyl (C=O) groups excluding carboxylic acids is 1. The minimum Gasteiger partial charge on any atom is -0.481 e. The molecule has 1 aliphatic rings. The van der Waals surface area contributed by atoms with Crippen LogP contribution in [0.15, 0.2) is 103 Å². The zero-order chi connectivity index (χ0) is 32.5. The van der Waals surface area contributed by atoms with E-state index in [0.717, 1.165) is 39.9 Å². The molecule has 0 bridgehead atoms. The number of ether oxygens (including phenoxy) is 2. The predicted molar refractivity (Wildman–Crippen MR) is 177 cm³/mol. The van der Waals surface area contributed by atoms with Crippen LogP contribution in [-0.2, 0) is 32.2 Å². The Balaban J connectivity index is 1.30. The monoisotopic (exact) mass is 622 g/mol. The van der Waals surface area contributed by atoms with Gasteiger partial charge in [-0.05, 0) is 53.4 Å². The van der Waals surface area contributed by atoms with Crippen molar-refractivity contribution in [1.29, 1.82) is 0 Å². The summed E-state index contributed by atoms with van der Waals surface area (Å²) >= 11 is 0. The van der Waals surface area contributed by atoms with Crippen molar-refractivity contribution in [3.05, 3.63) is 131 Å². The first-order valence-corrected chi connectivity index (χ1v) is 15.7. The largest absolute Gasteiger partial charge is 0.481 e. The third kappa shape index (κ3) is 8.89. The lowest BCUT2D eigenvalue weighted by Gasteiger charge is -2.39. The Hall–Kier alpha value is -4.34. The lowest BCUT2D eigenvalue weighted by Crippen LogP contribution is -2.38. The number of carboxylic acid groups (broad SMARTS) is 1. The Morgan fingerprint density at radius 3 is 2.26 bits per heavy atom. The summed E-state index contributed by atoms with van der Waals surface area (Å²) in [6.45, 7) is 3.27. The van der Waals surface area contributed by atoms with Gasteiger partial charge in [0.05, 0.1) is 25.2 Å². The average Bonchev–Trinajstić information content (AvgIpc) is 3.10. The van der Waals surface area contributed by atoms with Gasteiger partial charge in [0.1, 0.15) is 0 Å². The number of hydrogen-bond acceptors (Lipinski definition) is 6. The van der Waals surface area contributed by atoms with Crippen molar-refractivity contribution in [3.8, 4) is 11.1 Å². The van der Waals surface area contributed by atoms with E-state index >= 15 is 0 Å². The molecule has 8 heteroatoms. The summed E-state index contributed by atoms with van der Waals surface area (Å²) in [6, 6.07) is 34.7. The Morgan fingerprint density at radius 1 is 0.848 bits per heavy atom. The lowest BCUT2D eigenvalue weighted by atomic mass is 9.98. The van der Waals surface area contributed by atoms with E-state index in [2.05, 4.69) is 48.5 Å². The van der Waals surface area contributed by atoms with E-state index in [1.165, 1.54) is 5.56 Å². The van der Waals surface area contributed by atoms with Crippen LogP contribution in [0, 0.1) is 0 Å². The second-order valence-electron chi connectivity index (χ2n) is 11.9. The standard InChI is InChI=1S/C38H42N2O6/c1-26(29-8-4-3-5-9-29)40(2)24-34-22-35(31-13-11-27(25-41)12-14-31)46-38(45-34)32-17-15-30(16-18-32)33-10-6-7-28(21-33)23-39-36(42)19-20-37(43)44/h3-18,21,26,34-35,38,41H,19-20,22-25H2,1-2H3,(H,39,42)(H,43,44)/t26-,34-,35+,38+/m0/s1. The van der Waals surface area contributed by atoms with Crippen molar-refractivity contribution in [2.45, 2.75) is 63.9 Å². The highest BCUT2D eigenvalue weighted by atomic mass is 16.7. The van der Waals surface area contributed by atoms with Gasteiger partial charge in [0.25, 0.3) is 0 Å². The maximum Gasteiger partial charge on any atom is 0.303 e. The summed E-state index contributed by atoms with van der Waals surface area (Å²) in [5, 5.41) is 21.1. The summed E-state index contributed by atoms with van der Waals surface area (Å²) in [5.74, 6) is -1.27. The van der Waals surface area contributed by atoms with Crippen LogP contribution < -0.4 is 5.32 Å². The highest BCUT2D eigenvalue weighted by molar-refractivity contribution is 5.80. The number of hydrogen-bond donors (Lipinski definition) is 3. The first-order chi connectivity index (χ1) is 22.3. The number of rotatable bonds is 13. The van der Waals surface area contributed by atoms with Crippen molar-refractivity contribution in [1.82, 2.24) is 10.2 Å². The SMILES string of the molecule is C[C@@H](c1ccccc1)N(C)C[C@@H]1C[C@H](c2ccc(CO)cc2)O[C@H](c2ccc(-c3cccc(CNC(=O)CCC(=O)O)c3)cc2)O1. The maximum atomic E-state index is 12.0. The minimum atomic E-state index is -0.989. The molecule has 0 aliphatic carbocycles. The molecule has 5 rings (SSSR count). The van der Waals surface area contributed by atoms with Gasteiger partial charge in [-0.2, -0.15) is 0 Å². The number of carboxylic acids is 1. The Kier molecular flexibility index (Phi) is 11.3. The van der Waals surface area contributed by atoms with Crippen LogP contribution in [0.3, 0.4) is 0 Å². The van der Waals surface area contributed by atoms with Crippen LogP contribution in [0.2, 0.25) is 0 Å². The Bertz CT molecular complexity index is 1580. The number of aliphatic hydroxyl groups is 1. The molecule has 4 aromatic carbocycles. The average molecular weight is 623 g/mol. The topological polar surface area (TPSA) is 108 Å². The van der Waals surface area contributed by atoms with Crippen LogP contribution in [0.25, 0.3) is 11.1 Å². The van der Waals surface area contributed by atoms with Crippen molar-refractivity contribution in [2.75, 3.05) is 13.6 Å². The summed E-state index contributed by atoms with van der Waals surface area (Å²) in [4.78, 5) is 25.0. The molecule has 0 radical (unpaired) electrons. The third-order valence-corrected chi connectivity index (χ3v) is 8.55. The summed E-state index contributed by atoms with van der Waals surface area (Å²) in [6.07, 6.45) is -0.312. The maximum absolute atomic E-state index is 12.0. The molecule has 1 heterocycles. The van der Waals surface area contributed by atoms with E-state index in [1.54, 1.807) is 0 Å². The van der Waals surface area contributed by atoms with Crippen molar-refractivity contribution >= 4 is 11.9 Å². The normalized spacial score (nSPS) is 18.7. The predicted octanol–water partition coefficient (Wildman–Crippen LogP) is 6.57. The number of benzene rings is 4. The van der Waals surface area contributed by atoms with E-state index in [4.69, 9.17) is 14.6 Å². The van der Waals surface area contributed by atoms with Gasteiger partial charge in [-0.3, -0.25) is 14.5 Å². The van der Waals surface area contributed by atoms with E-state index in [9.17, 15) is 14.7 Å². The molecular formula is C38H42N2O6. The number of nitrogens with one attached hydrogen (secondary N) is 1. The van der Waals surface area contributed by atoms with Crippen LogP contribution in [0.1, 0.15) is 72.4 Å². The molecule has 8 nitrogen and oxygen atoms in total. The highest BCUT2D eigenvalue weighted by Gasteiger charge is 2.33. The van der Waals surface area contributed by atoms with Gasteiger partial charge < -0.3 is 25.0 Å². The summed E-state index contributed by atoms with van der Waals surface area (Å²) < 4.78 is 13.2. The number of nitrogens with zero attached hydrogens (tertiary/aromatic N) is 1. The fraction of sp³-hybridized carbons (Fsp3) is 0.316. The van der Waals surface area contributed by atoms with Gasteiger partial charge in [0.15, 0.2) is 6.29 Å². The van der Waals surface area contributed by atoms with Crippen LogP contribution in [0.5, 0.6) is 0 Å². The molecule has 0 aromatic heterocycles. The molecule has 0 saturated carbocycles. The van der Waals surface area contributed by atoms with Crippen molar-refractivity contribution in [3.63, 3.8) is 0 Å². The molecular weight excluding hydrogens is 580 g/mol. The summed E-state index contributed by atoms with van der Waals surface area (Å²) in [7, 11) is 2.13. The fourth-order valence-electron chi connectivity index (χ4n) is 5.70. The first kappa shape index (κ1) is 33.0. The molecule has 0 unspecified atom stereocenters. The number of carbonyl (C=O) groups is 2. The van der Waals surface area contributed by atoms with Gasteiger partial charge in [-0.15, -0.1) is 0 Å². The van der Waals surface area contributed by atoms with E-state index in [1.807, 2.05) is 78.9 Å². The lowest BCUT2D eigenvalue weighted by molar-refractivity contribution is -0.253. The van der Waals surface area contributed by atoms with E-state index in [0.29, 0.717) is 13.0 Å².